The molecule has 1 aromatic rings. The van der Waals surface area contributed by atoms with Crippen molar-refractivity contribution in [3.05, 3.63) is 23.9 Å². The van der Waals surface area contributed by atoms with Gasteiger partial charge in [0.2, 0.25) is 0 Å². The van der Waals surface area contributed by atoms with E-state index in [2.05, 4.69) is 32.8 Å². The van der Waals surface area contributed by atoms with Crippen LogP contribution in [-0.4, -0.2) is 72.3 Å². The highest BCUT2D eigenvalue weighted by molar-refractivity contribution is 5.46. The van der Waals surface area contributed by atoms with Gasteiger partial charge in [0, 0.05) is 57.6 Å². The van der Waals surface area contributed by atoms with E-state index in [9.17, 15) is 5.11 Å². The first-order valence-corrected chi connectivity index (χ1v) is 7.92. The number of hydrogen-bond acceptors (Lipinski definition) is 5. The lowest BCUT2D eigenvalue weighted by molar-refractivity contribution is 0.143. The fourth-order valence-electron chi connectivity index (χ4n) is 3.08. The molecule has 2 fully saturated rings. The number of hydrogen-bond donors (Lipinski definition) is 1. The van der Waals surface area contributed by atoms with Crippen molar-refractivity contribution in [1.82, 2.24) is 14.8 Å². The van der Waals surface area contributed by atoms with Gasteiger partial charge in [0.05, 0.1) is 6.10 Å². The number of nitrogens with zero attached hydrogens (tertiary/aromatic N) is 4. The molecule has 1 radical (unpaired) electrons. The zero-order valence-corrected chi connectivity index (χ0v) is 12.8. The molecule has 115 valence electrons. The summed E-state index contributed by atoms with van der Waals surface area (Å²) in [7, 11) is 2.18. The van der Waals surface area contributed by atoms with Crippen molar-refractivity contribution in [2.45, 2.75) is 25.5 Å². The number of aromatic nitrogens is 1. The van der Waals surface area contributed by atoms with Crippen molar-refractivity contribution < 1.29 is 5.11 Å². The Bertz CT molecular complexity index is 451. The van der Waals surface area contributed by atoms with Gasteiger partial charge in [0.25, 0.3) is 0 Å². The molecule has 0 bridgehead atoms. The summed E-state index contributed by atoms with van der Waals surface area (Å²) in [5.41, 5.74) is 1.19. The van der Waals surface area contributed by atoms with Crippen LogP contribution in [0.25, 0.3) is 0 Å². The second kappa shape index (κ2) is 6.73. The number of aliphatic hydroxyl groups is 1. The molecule has 5 heteroatoms. The van der Waals surface area contributed by atoms with Crippen molar-refractivity contribution in [3.63, 3.8) is 0 Å². The number of aliphatic hydroxyl groups excluding tert-OH is 1. The van der Waals surface area contributed by atoms with Crippen molar-refractivity contribution in [2.75, 3.05) is 51.2 Å². The molecule has 0 atom stereocenters. The summed E-state index contributed by atoms with van der Waals surface area (Å²) in [6, 6.07) is 5.29. The van der Waals surface area contributed by atoms with E-state index < -0.39 is 0 Å². The van der Waals surface area contributed by atoms with Crippen molar-refractivity contribution in [2.24, 2.45) is 0 Å². The topological polar surface area (TPSA) is 42.8 Å². The fourth-order valence-corrected chi connectivity index (χ4v) is 3.08. The third kappa shape index (κ3) is 3.73. The lowest BCUT2D eigenvalue weighted by Crippen LogP contribution is -2.44. The Hall–Kier alpha value is -1.17. The molecular formula is C16H25N4O. The molecule has 3 rings (SSSR count). The number of piperidine rings is 1. The predicted octanol–water partition coefficient (Wildman–Crippen LogP) is 0.590. The minimum Gasteiger partial charge on any atom is -0.393 e. The fraction of sp³-hybridized carbons (Fsp3) is 0.688. The summed E-state index contributed by atoms with van der Waals surface area (Å²) in [5.74, 6) is 1.06. The van der Waals surface area contributed by atoms with Crippen LogP contribution in [0.3, 0.4) is 0 Å². The van der Waals surface area contributed by atoms with Crippen LogP contribution in [0.4, 0.5) is 5.82 Å². The van der Waals surface area contributed by atoms with Crippen LogP contribution in [0.5, 0.6) is 0 Å². The van der Waals surface area contributed by atoms with E-state index in [4.69, 9.17) is 0 Å². The van der Waals surface area contributed by atoms with Crippen LogP contribution in [0.1, 0.15) is 18.4 Å². The SMILES string of the molecule is CN1CCN(Cc2[c]ccnc2N2CCC(O)CC2)CC1. The molecule has 0 aliphatic carbocycles. The van der Waals surface area contributed by atoms with E-state index in [1.165, 1.54) is 5.56 Å². The first-order chi connectivity index (χ1) is 10.2. The molecule has 1 N–H and O–H groups in total. The van der Waals surface area contributed by atoms with Gasteiger partial charge in [-0.1, -0.05) is 0 Å². The minimum atomic E-state index is -0.143. The number of anilines is 1. The van der Waals surface area contributed by atoms with Crippen LogP contribution in [0.15, 0.2) is 12.3 Å². The summed E-state index contributed by atoms with van der Waals surface area (Å²) < 4.78 is 0. The highest BCUT2D eigenvalue weighted by Crippen LogP contribution is 2.23. The van der Waals surface area contributed by atoms with E-state index >= 15 is 0 Å². The van der Waals surface area contributed by atoms with E-state index in [1.807, 2.05) is 12.3 Å². The Labute approximate surface area is 127 Å². The van der Waals surface area contributed by atoms with Crippen LogP contribution < -0.4 is 4.90 Å². The van der Waals surface area contributed by atoms with Crippen molar-refractivity contribution in [3.8, 4) is 0 Å². The van der Waals surface area contributed by atoms with Crippen LogP contribution >= 0.6 is 0 Å². The molecule has 0 spiro atoms. The second-order valence-electron chi connectivity index (χ2n) is 6.19. The highest BCUT2D eigenvalue weighted by Gasteiger charge is 2.22. The zero-order chi connectivity index (χ0) is 14.7. The van der Waals surface area contributed by atoms with Gasteiger partial charge in [-0.15, -0.1) is 0 Å². The smallest absolute Gasteiger partial charge is 0.133 e. The van der Waals surface area contributed by atoms with Gasteiger partial charge in [-0.3, -0.25) is 4.90 Å². The van der Waals surface area contributed by atoms with Gasteiger partial charge in [0.15, 0.2) is 0 Å². The number of rotatable bonds is 3. The number of likely N-dealkylation sites (N-methyl/N-ethyl adjacent to an activating group) is 1. The Morgan fingerprint density at radius 1 is 1.19 bits per heavy atom. The van der Waals surface area contributed by atoms with Gasteiger partial charge >= 0.3 is 0 Å². The Kier molecular flexibility index (Phi) is 4.73. The number of pyridine rings is 1. The molecular weight excluding hydrogens is 264 g/mol. The van der Waals surface area contributed by atoms with E-state index in [-0.39, 0.29) is 6.10 Å². The summed E-state index contributed by atoms with van der Waals surface area (Å²) >= 11 is 0. The average Bonchev–Trinajstić information content (AvgIpc) is 2.51. The van der Waals surface area contributed by atoms with Crippen LogP contribution in [-0.2, 0) is 6.54 Å². The molecule has 0 amide bonds. The average molecular weight is 289 g/mol. The highest BCUT2D eigenvalue weighted by atomic mass is 16.3. The van der Waals surface area contributed by atoms with Gasteiger partial charge in [-0.05, 0) is 32.0 Å². The van der Waals surface area contributed by atoms with Gasteiger partial charge in [0.1, 0.15) is 5.82 Å². The second-order valence-corrected chi connectivity index (χ2v) is 6.19. The molecule has 0 saturated carbocycles. The maximum Gasteiger partial charge on any atom is 0.133 e. The lowest BCUT2D eigenvalue weighted by Gasteiger charge is -2.35. The Morgan fingerprint density at radius 3 is 2.62 bits per heavy atom. The normalized spacial score (nSPS) is 22.7. The van der Waals surface area contributed by atoms with Gasteiger partial charge in [-0.25, -0.2) is 4.98 Å². The summed E-state index contributed by atoms with van der Waals surface area (Å²) in [5, 5.41) is 9.66. The minimum absolute atomic E-state index is 0.143. The first kappa shape index (κ1) is 14.8. The molecule has 2 aliphatic heterocycles. The Morgan fingerprint density at radius 2 is 1.90 bits per heavy atom. The molecule has 0 aromatic carbocycles. The molecule has 3 heterocycles. The van der Waals surface area contributed by atoms with Crippen LogP contribution in [0.2, 0.25) is 0 Å². The maximum absolute atomic E-state index is 9.66. The summed E-state index contributed by atoms with van der Waals surface area (Å²) in [6.07, 6.45) is 3.36. The predicted molar refractivity (Wildman–Crippen MR) is 83.3 cm³/mol. The molecule has 21 heavy (non-hydrogen) atoms. The molecule has 2 aliphatic rings. The monoisotopic (exact) mass is 289 g/mol. The third-order valence-corrected chi connectivity index (χ3v) is 4.54. The van der Waals surface area contributed by atoms with E-state index in [0.717, 1.165) is 64.5 Å². The quantitative estimate of drug-likeness (QED) is 0.882. The third-order valence-electron chi connectivity index (χ3n) is 4.54. The number of piperazine rings is 1. The van der Waals surface area contributed by atoms with Crippen LogP contribution in [0, 0.1) is 6.07 Å². The van der Waals surface area contributed by atoms with Crippen molar-refractivity contribution in [1.29, 1.82) is 0 Å². The van der Waals surface area contributed by atoms with Gasteiger partial charge in [-0.2, -0.15) is 0 Å². The van der Waals surface area contributed by atoms with E-state index in [1.54, 1.807) is 0 Å². The lowest BCUT2D eigenvalue weighted by atomic mass is 10.1. The first-order valence-electron chi connectivity index (χ1n) is 7.92. The van der Waals surface area contributed by atoms with Crippen molar-refractivity contribution >= 4 is 5.82 Å². The molecule has 1 aromatic heterocycles. The summed E-state index contributed by atoms with van der Waals surface area (Å²) in [4.78, 5) is 11.7. The Balaban J connectivity index is 1.67. The molecule has 0 unspecified atom stereocenters. The van der Waals surface area contributed by atoms with E-state index in [0.29, 0.717) is 0 Å². The van der Waals surface area contributed by atoms with Gasteiger partial charge < -0.3 is 14.9 Å². The molecule has 2 saturated heterocycles. The standard InChI is InChI=1S/C16H25N4O/c1-18-9-11-19(12-10-18)13-14-3-2-6-17-16(14)20-7-4-15(21)5-8-20/h2,6,15,21H,4-5,7-13H2,1H3. The zero-order valence-electron chi connectivity index (χ0n) is 12.8. The largest absolute Gasteiger partial charge is 0.393 e. The summed E-state index contributed by atoms with van der Waals surface area (Å²) in [6.45, 7) is 7.19. The molecule has 5 nitrogen and oxygen atoms in total. The maximum atomic E-state index is 9.66.